The largest absolute Gasteiger partial charge is 0.254 e. The normalized spacial score (nSPS) is 11.3. The van der Waals surface area contributed by atoms with E-state index in [9.17, 15) is 0 Å². The standard InChI is InChI=1S/C22H14N2/c1-2-7-15(8-3-1)20-17-10-4-5-11-19(17)24-22-18(20)13-12-16-9-6-14-23-21(16)22/h1-14H. The van der Waals surface area contributed by atoms with E-state index in [0.29, 0.717) is 0 Å². The van der Waals surface area contributed by atoms with Crippen LogP contribution in [0.3, 0.4) is 0 Å². The Bertz CT molecular complexity index is 1190. The Hall–Kier alpha value is -3.26. The Morgan fingerprint density at radius 3 is 2.33 bits per heavy atom. The predicted molar refractivity (Wildman–Crippen MR) is 100.0 cm³/mol. The Balaban J connectivity index is 2.05. The lowest BCUT2D eigenvalue weighted by Gasteiger charge is -2.12. The third-order valence-corrected chi connectivity index (χ3v) is 4.49. The SMILES string of the molecule is c1ccc(-c2c3ccccc3nc3c2ccc2cccnc23)cc1. The molecule has 2 heteroatoms. The second kappa shape index (κ2) is 5.14. The predicted octanol–water partition coefficient (Wildman–Crippen LogP) is 5.60. The van der Waals surface area contributed by atoms with Crippen LogP contribution in [0.5, 0.6) is 0 Å². The van der Waals surface area contributed by atoms with E-state index < -0.39 is 0 Å². The molecule has 112 valence electrons. The minimum absolute atomic E-state index is 0.956. The molecule has 0 radical (unpaired) electrons. The molecule has 0 fully saturated rings. The molecule has 0 saturated heterocycles. The van der Waals surface area contributed by atoms with Gasteiger partial charge in [0.1, 0.15) is 0 Å². The van der Waals surface area contributed by atoms with Gasteiger partial charge in [-0.3, -0.25) is 4.98 Å². The number of nitrogens with zero attached hydrogens (tertiary/aromatic N) is 2. The minimum atomic E-state index is 0.956. The van der Waals surface area contributed by atoms with Gasteiger partial charge in [0.25, 0.3) is 0 Å². The highest BCUT2D eigenvalue weighted by Gasteiger charge is 2.13. The van der Waals surface area contributed by atoms with Gasteiger partial charge in [-0.05, 0) is 17.7 Å². The highest BCUT2D eigenvalue weighted by Crippen LogP contribution is 2.36. The van der Waals surface area contributed by atoms with Crippen LogP contribution in [0.4, 0.5) is 0 Å². The molecule has 0 spiro atoms. The molecule has 2 heterocycles. The second-order valence-corrected chi connectivity index (χ2v) is 5.91. The number of hydrogen-bond acceptors (Lipinski definition) is 2. The molecule has 0 saturated carbocycles. The van der Waals surface area contributed by atoms with Crippen molar-refractivity contribution < 1.29 is 0 Å². The summed E-state index contributed by atoms with van der Waals surface area (Å²) in [5.74, 6) is 0. The van der Waals surface area contributed by atoms with Crippen LogP contribution < -0.4 is 0 Å². The van der Waals surface area contributed by atoms with Crippen molar-refractivity contribution in [1.29, 1.82) is 0 Å². The number of pyridine rings is 2. The monoisotopic (exact) mass is 306 g/mol. The molecule has 0 aliphatic rings. The van der Waals surface area contributed by atoms with Gasteiger partial charge in [-0.1, -0.05) is 66.7 Å². The van der Waals surface area contributed by atoms with Crippen molar-refractivity contribution in [1.82, 2.24) is 9.97 Å². The van der Waals surface area contributed by atoms with Crippen LogP contribution in [0.1, 0.15) is 0 Å². The van der Waals surface area contributed by atoms with Crippen molar-refractivity contribution in [3.8, 4) is 11.1 Å². The number of fused-ring (bicyclic) bond motifs is 4. The van der Waals surface area contributed by atoms with E-state index in [-0.39, 0.29) is 0 Å². The maximum atomic E-state index is 4.93. The number of rotatable bonds is 1. The van der Waals surface area contributed by atoms with Crippen LogP contribution in [0.2, 0.25) is 0 Å². The summed E-state index contributed by atoms with van der Waals surface area (Å²) in [6.45, 7) is 0. The summed E-state index contributed by atoms with van der Waals surface area (Å²) < 4.78 is 0. The van der Waals surface area contributed by atoms with E-state index in [2.05, 4.69) is 65.6 Å². The summed E-state index contributed by atoms with van der Waals surface area (Å²) in [5.41, 5.74) is 5.35. The van der Waals surface area contributed by atoms with Crippen molar-refractivity contribution in [3.05, 3.63) is 85.1 Å². The zero-order valence-electron chi connectivity index (χ0n) is 13.0. The minimum Gasteiger partial charge on any atom is -0.254 e. The first-order chi connectivity index (χ1) is 11.9. The number of aromatic nitrogens is 2. The van der Waals surface area contributed by atoms with Gasteiger partial charge in [0, 0.05) is 27.9 Å². The Kier molecular flexibility index (Phi) is 2.83. The lowest BCUT2D eigenvalue weighted by Crippen LogP contribution is -1.91. The van der Waals surface area contributed by atoms with Gasteiger partial charge in [0.05, 0.1) is 16.6 Å². The fourth-order valence-corrected chi connectivity index (χ4v) is 3.41. The van der Waals surface area contributed by atoms with Crippen molar-refractivity contribution in [2.75, 3.05) is 0 Å². The molecular formula is C22H14N2. The molecule has 0 N–H and O–H groups in total. The van der Waals surface area contributed by atoms with Gasteiger partial charge in [-0.25, -0.2) is 4.98 Å². The zero-order valence-corrected chi connectivity index (χ0v) is 13.0. The summed E-state index contributed by atoms with van der Waals surface area (Å²) in [6, 6.07) is 27.2. The van der Waals surface area contributed by atoms with Gasteiger partial charge in [0.2, 0.25) is 0 Å². The van der Waals surface area contributed by atoms with Crippen LogP contribution in [-0.4, -0.2) is 9.97 Å². The van der Waals surface area contributed by atoms with Crippen LogP contribution in [0, 0.1) is 0 Å². The van der Waals surface area contributed by atoms with E-state index in [1.54, 1.807) is 0 Å². The molecule has 0 unspecified atom stereocenters. The maximum Gasteiger partial charge on any atom is 0.0978 e. The molecule has 5 rings (SSSR count). The van der Waals surface area contributed by atoms with Crippen LogP contribution in [0.15, 0.2) is 85.1 Å². The van der Waals surface area contributed by atoms with Crippen LogP contribution in [0.25, 0.3) is 43.8 Å². The zero-order chi connectivity index (χ0) is 15.9. The molecule has 2 nitrogen and oxygen atoms in total. The Labute approximate surface area is 139 Å². The van der Waals surface area contributed by atoms with Crippen molar-refractivity contribution in [3.63, 3.8) is 0 Å². The van der Waals surface area contributed by atoms with Gasteiger partial charge in [-0.15, -0.1) is 0 Å². The molecule has 0 aliphatic carbocycles. The molecule has 2 aromatic heterocycles. The molecule has 0 bridgehead atoms. The average Bonchev–Trinajstić information content (AvgIpc) is 2.67. The second-order valence-electron chi connectivity index (χ2n) is 5.91. The lowest BCUT2D eigenvalue weighted by molar-refractivity contribution is 1.40. The van der Waals surface area contributed by atoms with E-state index >= 15 is 0 Å². The summed E-state index contributed by atoms with van der Waals surface area (Å²) in [5, 5.41) is 3.43. The van der Waals surface area contributed by atoms with Gasteiger partial charge < -0.3 is 0 Å². The summed E-state index contributed by atoms with van der Waals surface area (Å²) in [4.78, 5) is 9.52. The van der Waals surface area contributed by atoms with Crippen molar-refractivity contribution >= 4 is 32.7 Å². The van der Waals surface area contributed by atoms with Gasteiger partial charge in [0.15, 0.2) is 0 Å². The van der Waals surface area contributed by atoms with E-state index in [1.807, 2.05) is 24.4 Å². The Morgan fingerprint density at radius 2 is 1.42 bits per heavy atom. The highest BCUT2D eigenvalue weighted by atomic mass is 14.7. The Morgan fingerprint density at radius 1 is 0.583 bits per heavy atom. The van der Waals surface area contributed by atoms with Crippen LogP contribution in [-0.2, 0) is 0 Å². The van der Waals surface area contributed by atoms with Crippen LogP contribution >= 0.6 is 0 Å². The summed E-state index contributed by atoms with van der Waals surface area (Å²) in [7, 11) is 0. The fourth-order valence-electron chi connectivity index (χ4n) is 3.41. The van der Waals surface area contributed by atoms with Gasteiger partial charge in [-0.2, -0.15) is 0 Å². The summed E-state index contributed by atoms with van der Waals surface area (Å²) >= 11 is 0. The summed E-state index contributed by atoms with van der Waals surface area (Å²) in [6.07, 6.45) is 1.83. The molecular weight excluding hydrogens is 292 g/mol. The molecule has 3 aromatic carbocycles. The first-order valence-electron chi connectivity index (χ1n) is 8.03. The number of para-hydroxylation sites is 1. The van der Waals surface area contributed by atoms with E-state index in [1.165, 1.54) is 16.5 Å². The lowest BCUT2D eigenvalue weighted by atomic mass is 9.95. The molecule has 5 aromatic rings. The first-order valence-corrected chi connectivity index (χ1v) is 8.03. The number of hydrogen-bond donors (Lipinski definition) is 0. The third-order valence-electron chi connectivity index (χ3n) is 4.49. The third kappa shape index (κ3) is 1.90. The maximum absolute atomic E-state index is 4.93. The first kappa shape index (κ1) is 13.2. The van der Waals surface area contributed by atoms with Gasteiger partial charge >= 0.3 is 0 Å². The molecule has 0 atom stereocenters. The number of benzene rings is 3. The van der Waals surface area contributed by atoms with E-state index in [4.69, 9.17) is 4.98 Å². The topological polar surface area (TPSA) is 25.8 Å². The smallest absolute Gasteiger partial charge is 0.0978 e. The molecule has 0 aliphatic heterocycles. The molecule has 0 amide bonds. The fraction of sp³-hybridized carbons (Fsp3) is 0. The highest BCUT2D eigenvalue weighted by molar-refractivity contribution is 6.15. The quantitative estimate of drug-likeness (QED) is 0.297. The average molecular weight is 306 g/mol. The van der Waals surface area contributed by atoms with Crippen molar-refractivity contribution in [2.45, 2.75) is 0 Å². The van der Waals surface area contributed by atoms with Crippen molar-refractivity contribution in [2.24, 2.45) is 0 Å². The van der Waals surface area contributed by atoms with E-state index in [0.717, 1.165) is 27.3 Å². The molecule has 24 heavy (non-hydrogen) atoms.